The van der Waals surface area contributed by atoms with E-state index in [0.717, 1.165) is 38.4 Å². The number of amides is 2. The van der Waals surface area contributed by atoms with Gasteiger partial charge in [-0.3, -0.25) is 4.98 Å². The molecule has 1 aromatic rings. The van der Waals surface area contributed by atoms with Crippen molar-refractivity contribution in [3.63, 3.8) is 0 Å². The van der Waals surface area contributed by atoms with Crippen LogP contribution >= 0.6 is 0 Å². The molecule has 2 atom stereocenters. The van der Waals surface area contributed by atoms with Gasteiger partial charge in [-0.1, -0.05) is 0 Å². The zero-order valence-electron chi connectivity index (χ0n) is 12.9. The number of urea groups is 1. The highest BCUT2D eigenvalue weighted by atomic mass is 16.5. The molecule has 2 aliphatic rings. The molecular weight excluding hydrogens is 282 g/mol. The van der Waals surface area contributed by atoms with E-state index < -0.39 is 0 Å². The number of nitrogens with one attached hydrogen (secondary N) is 1. The summed E-state index contributed by atoms with van der Waals surface area (Å²) in [6.07, 6.45) is 7.39. The number of nitrogens with zero attached hydrogens (tertiary/aromatic N) is 4. The van der Waals surface area contributed by atoms with Gasteiger partial charge >= 0.3 is 6.03 Å². The summed E-state index contributed by atoms with van der Waals surface area (Å²) in [5.74, 6) is 0.871. The fourth-order valence-corrected chi connectivity index (χ4v) is 2.97. The zero-order chi connectivity index (χ0) is 15.4. The van der Waals surface area contributed by atoms with Crippen LogP contribution in [0.15, 0.2) is 18.6 Å². The lowest BCUT2D eigenvalue weighted by Crippen LogP contribution is -2.54. The molecule has 0 aromatic carbocycles. The quantitative estimate of drug-likeness (QED) is 0.897. The first kappa shape index (κ1) is 15.0. The summed E-state index contributed by atoms with van der Waals surface area (Å²) in [6.45, 7) is 5.77. The molecule has 2 fully saturated rings. The fourth-order valence-electron chi connectivity index (χ4n) is 2.97. The second kappa shape index (κ2) is 6.91. The van der Waals surface area contributed by atoms with Crippen molar-refractivity contribution < 1.29 is 9.53 Å². The van der Waals surface area contributed by atoms with Crippen LogP contribution in [-0.4, -0.2) is 65.8 Å². The van der Waals surface area contributed by atoms with Crippen LogP contribution in [0.2, 0.25) is 0 Å². The van der Waals surface area contributed by atoms with Crippen molar-refractivity contribution in [1.29, 1.82) is 0 Å². The number of hydrogen-bond donors (Lipinski definition) is 1. The minimum atomic E-state index is 0.00166. The Hall–Kier alpha value is -1.89. The summed E-state index contributed by atoms with van der Waals surface area (Å²) in [6, 6.07) is 0.0646. The highest BCUT2D eigenvalue weighted by Gasteiger charge is 2.27. The van der Waals surface area contributed by atoms with E-state index in [9.17, 15) is 4.79 Å². The van der Waals surface area contributed by atoms with Crippen LogP contribution < -0.4 is 10.2 Å². The molecule has 2 amide bonds. The van der Waals surface area contributed by atoms with E-state index in [1.807, 2.05) is 11.8 Å². The third-order valence-corrected chi connectivity index (χ3v) is 4.31. The zero-order valence-corrected chi connectivity index (χ0v) is 12.9. The summed E-state index contributed by atoms with van der Waals surface area (Å²) in [5.41, 5.74) is 0. The van der Waals surface area contributed by atoms with E-state index in [4.69, 9.17) is 4.74 Å². The average Bonchev–Trinajstić information content (AvgIpc) is 3.10. The molecule has 22 heavy (non-hydrogen) atoms. The molecule has 3 rings (SSSR count). The van der Waals surface area contributed by atoms with Crippen LogP contribution in [0.5, 0.6) is 0 Å². The summed E-state index contributed by atoms with van der Waals surface area (Å²) >= 11 is 0. The van der Waals surface area contributed by atoms with Crippen LogP contribution in [0.25, 0.3) is 0 Å². The second-order valence-corrected chi connectivity index (χ2v) is 5.83. The van der Waals surface area contributed by atoms with Crippen molar-refractivity contribution in [2.45, 2.75) is 31.9 Å². The molecule has 7 heteroatoms. The lowest BCUT2D eigenvalue weighted by atomic mass is 10.1. The van der Waals surface area contributed by atoms with Gasteiger partial charge in [-0.05, 0) is 19.8 Å². The maximum Gasteiger partial charge on any atom is 0.317 e. The Morgan fingerprint density at radius 3 is 2.82 bits per heavy atom. The minimum Gasteiger partial charge on any atom is -0.376 e. The van der Waals surface area contributed by atoms with Crippen molar-refractivity contribution in [3.8, 4) is 0 Å². The number of anilines is 1. The van der Waals surface area contributed by atoms with Crippen molar-refractivity contribution in [3.05, 3.63) is 18.6 Å². The molecule has 0 aliphatic carbocycles. The predicted molar refractivity (Wildman–Crippen MR) is 82.8 cm³/mol. The number of rotatable bonds is 3. The molecule has 2 aliphatic heterocycles. The molecule has 7 nitrogen and oxygen atoms in total. The van der Waals surface area contributed by atoms with Gasteiger partial charge in [0.05, 0.1) is 18.3 Å². The first-order chi connectivity index (χ1) is 10.7. The summed E-state index contributed by atoms with van der Waals surface area (Å²) in [7, 11) is 0. The van der Waals surface area contributed by atoms with E-state index in [2.05, 4.69) is 20.2 Å². The number of ether oxygens (including phenoxy) is 1. The van der Waals surface area contributed by atoms with Crippen LogP contribution in [0, 0.1) is 0 Å². The van der Waals surface area contributed by atoms with Crippen molar-refractivity contribution in [1.82, 2.24) is 20.2 Å². The lowest BCUT2D eigenvalue weighted by molar-refractivity contribution is 0.0831. The Kier molecular flexibility index (Phi) is 4.72. The standard InChI is InChI=1S/C15H23N5O2/c1-12(13-3-2-10-22-13)18-15(21)20-8-6-19(7-9-20)14-11-16-4-5-17-14/h4-5,11-13H,2-3,6-10H2,1H3,(H,18,21)/t12-,13-/m1/s1. The maximum atomic E-state index is 12.3. The van der Waals surface area contributed by atoms with Crippen LogP contribution in [0.3, 0.4) is 0 Å². The number of hydrogen-bond acceptors (Lipinski definition) is 5. The average molecular weight is 305 g/mol. The second-order valence-electron chi connectivity index (χ2n) is 5.83. The van der Waals surface area contributed by atoms with Gasteiger partial charge in [0.1, 0.15) is 5.82 Å². The minimum absolute atomic E-state index is 0.00166. The lowest BCUT2D eigenvalue weighted by Gasteiger charge is -2.36. The Morgan fingerprint density at radius 1 is 1.36 bits per heavy atom. The topological polar surface area (TPSA) is 70.6 Å². The van der Waals surface area contributed by atoms with Gasteiger partial charge in [-0.25, -0.2) is 9.78 Å². The molecule has 1 aromatic heterocycles. The van der Waals surface area contributed by atoms with E-state index in [-0.39, 0.29) is 18.2 Å². The molecule has 0 radical (unpaired) electrons. The molecule has 0 spiro atoms. The third kappa shape index (κ3) is 3.47. The van der Waals surface area contributed by atoms with E-state index in [1.165, 1.54) is 0 Å². The van der Waals surface area contributed by atoms with Gasteiger partial charge in [0.25, 0.3) is 0 Å². The Labute approximate surface area is 130 Å². The van der Waals surface area contributed by atoms with Gasteiger partial charge in [-0.15, -0.1) is 0 Å². The number of carbonyl (C=O) groups excluding carboxylic acids is 1. The largest absolute Gasteiger partial charge is 0.376 e. The molecule has 2 saturated heterocycles. The van der Waals surface area contributed by atoms with Crippen LogP contribution in [0.4, 0.5) is 10.6 Å². The van der Waals surface area contributed by atoms with E-state index in [1.54, 1.807) is 18.6 Å². The van der Waals surface area contributed by atoms with Gasteiger partial charge in [0, 0.05) is 45.2 Å². The van der Waals surface area contributed by atoms with Crippen molar-refractivity contribution >= 4 is 11.8 Å². The summed E-state index contributed by atoms with van der Waals surface area (Å²) in [5, 5.41) is 3.06. The Morgan fingerprint density at radius 2 is 2.18 bits per heavy atom. The normalized spacial score (nSPS) is 23.4. The Balaban J connectivity index is 1.47. The third-order valence-electron chi connectivity index (χ3n) is 4.31. The van der Waals surface area contributed by atoms with Crippen molar-refractivity contribution in [2.24, 2.45) is 0 Å². The van der Waals surface area contributed by atoms with E-state index in [0.29, 0.717) is 13.1 Å². The maximum absolute atomic E-state index is 12.3. The van der Waals surface area contributed by atoms with Crippen LogP contribution in [-0.2, 0) is 4.74 Å². The highest BCUT2D eigenvalue weighted by molar-refractivity contribution is 5.75. The molecule has 120 valence electrons. The molecule has 1 N–H and O–H groups in total. The van der Waals surface area contributed by atoms with E-state index >= 15 is 0 Å². The summed E-state index contributed by atoms with van der Waals surface area (Å²) < 4.78 is 5.62. The molecular formula is C15H23N5O2. The number of carbonyl (C=O) groups is 1. The van der Waals surface area contributed by atoms with Gasteiger partial charge in [0.2, 0.25) is 0 Å². The predicted octanol–water partition coefficient (Wildman–Crippen LogP) is 0.876. The van der Waals surface area contributed by atoms with Gasteiger partial charge in [0.15, 0.2) is 0 Å². The summed E-state index contributed by atoms with van der Waals surface area (Å²) in [4.78, 5) is 24.7. The molecule has 3 heterocycles. The molecule has 0 bridgehead atoms. The first-order valence-corrected chi connectivity index (χ1v) is 7.92. The highest BCUT2D eigenvalue weighted by Crippen LogP contribution is 2.16. The van der Waals surface area contributed by atoms with Gasteiger partial charge in [-0.2, -0.15) is 0 Å². The van der Waals surface area contributed by atoms with Crippen molar-refractivity contribution in [2.75, 3.05) is 37.7 Å². The monoisotopic (exact) mass is 305 g/mol. The molecule has 0 unspecified atom stereocenters. The smallest absolute Gasteiger partial charge is 0.317 e. The Bertz CT molecular complexity index is 484. The SMILES string of the molecule is C[C@@H](NC(=O)N1CCN(c2cnccn2)CC1)[C@H]1CCCO1. The van der Waals surface area contributed by atoms with Gasteiger partial charge < -0.3 is 19.9 Å². The molecule has 0 saturated carbocycles. The number of piperazine rings is 1. The first-order valence-electron chi connectivity index (χ1n) is 7.92. The number of aromatic nitrogens is 2. The van der Waals surface area contributed by atoms with Crippen LogP contribution in [0.1, 0.15) is 19.8 Å². The fraction of sp³-hybridized carbons (Fsp3) is 0.667.